The van der Waals surface area contributed by atoms with E-state index in [1.54, 1.807) is 24.3 Å². The summed E-state index contributed by atoms with van der Waals surface area (Å²) in [4.78, 5) is 32.8. The number of benzene rings is 1. The number of quaternary nitrogens is 1. The first-order chi connectivity index (χ1) is 12.4. The first kappa shape index (κ1) is 20.3. The van der Waals surface area contributed by atoms with Gasteiger partial charge in [0.15, 0.2) is 11.0 Å². The van der Waals surface area contributed by atoms with E-state index in [-0.39, 0.29) is 11.5 Å². The minimum Gasteiger partial charge on any atom is -0.382 e. The summed E-state index contributed by atoms with van der Waals surface area (Å²) < 4.78 is 0. The lowest BCUT2D eigenvalue weighted by Gasteiger charge is -2.14. The number of amides is 1. The molecule has 1 aromatic heterocycles. The van der Waals surface area contributed by atoms with E-state index in [4.69, 9.17) is 17.3 Å². The van der Waals surface area contributed by atoms with E-state index in [1.807, 2.05) is 0 Å². The van der Waals surface area contributed by atoms with Crippen molar-refractivity contribution in [2.24, 2.45) is 0 Å². The van der Waals surface area contributed by atoms with Crippen LogP contribution in [-0.2, 0) is 0 Å². The summed E-state index contributed by atoms with van der Waals surface area (Å²) >= 11 is 7.24. The van der Waals surface area contributed by atoms with Gasteiger partial charge in [0.1, 0.15) is 5.69 Å². The van der Waals surface area contributed by atoms with Crippen LogP contribution in [0.5, 0.6) is 0 Å². The highest BCUT2D eigenvalue weighted by molar-refractivity contribution is 7.99. The number of hydrogen-bond acceptors (Lipinski definition) is 5. The third-order valence-electron chi connectivity index (χ3n) is 3.97. The Bertz CT molecular complexity index is 806. The van der Waals surface area contributed by atoms with Crippen LogP contribution in [0.4, 0.5) is 11.5 Å². The molecule has 0 radical (unpaired) electrons. The molecule has 5 N–H and O–H groups in total. The summed E-state index contributed by atoms with van der Waals surface area (Å²) in [6.45, 7) is 7.35. The monoisotopic (exact) mass is 396 g/mol. The second kappa shape index (κ2) is 9.61. The van der Waals surface area contributed by atoms with Crippen molar-refractivity contribution in [3.8, 4) is 0 Å². The molecule has 0 atom stereocenters. The second-order valence-electron chi connectivity index (χ2n) is 5.65. The topological polar surface area (TPSA) is 105 Å². The molecule has 0 aliphatic heterocycles. The van der Waals surface area contributed by atoms with Gasteiger partial charge < -0.3 is 16.0 Å². The van der Waals surface area contributed by atoms with E-state index in [0.29, 0.717) is 15.7 Å². The van der Waals surface area contributed by atoms with Crippen LogP contribution in [0.1, 0.15) is 24.2 Å². The Balaban J connectivity index is 2.05. The van der Waals surface area contributed by atoms with E-state index in [0.717, 1.165) is 25.4 Å². The maximum Gasteiger partial charge on any atom is 0.277 e. The van der Waals surface area contributed by atoms with Crippen molar-refractivity contribution in [3.05, 3.63) is 45.2 Å². The van der Waals surface area contributed by atoms with E-state index >= 15 is 0 Å². The molecule has 140 valence electrons. The number of thioether (sulfide) groups is 1. The summed E-state index contributed by atoms with van der Waals surface area (Å²) in [5, 5.41) is 3.48. The number of aromatic nitrogens is 2. The van der Waals surface area contributed by atoms with Gasteiger partial charge in [-0.15, -0.1) is 0 Å². The number of anilines is 2. The summed E-state index contributed by atoms with van der Waals surface area (Å²) in [6.07, 6.45) is 0. The zero-order valence-corrected chi connectivity index (χ0v) is 16.3. The number of hydrogen-bond donors (Lipinski definition) is 4. The van der Waals surface area contributed by atoms with Gasteiger partial charge in [-0.25, -0.2) is 4.98 Å². The number of H-pyrrole nitrogens is 1. The zero-order valence-electron chi connectivity index (χ0n) is 14.8. The molecule has 7 nitrogen and oxygen atoms in total. The third-order valence-corrected chi connectivity index (χ3v) is 5.09. The van der Waals surface area contributed by atoms with Gasteiger partial charge in [0.25, 0.3) is 11.5 Å². The Hall–Kier alpha value is -2.03. The van der Waals surface area contributed by atoms with Gasteiger partial charge in [0, 0.05) is 10.6 Å². The molecule has 2 rings (SSSR count). The van der Waals surface area contributed by atoms with Crippen LogP contribution in [0.25, 0.3) is 0 Å². The molecule has 0 aliphatic rings. The highest BCUT2D eigenvalue weighted by atomic mass is 35.5. The van der Waals surface area contributed by atoms with Gasteiger partial charge in [-0.2, -0.15) is 0 Å². The molecule has 0 unspecified atom stereocenters. The van der Waals surface area contributed by atoms with Crippen LogP contribution in [-0.4, -0.2) is 41.3 Å². The molecule has 0 bridgehead atoms. The number of nitrogens with one attached hydrogen (secondary N) is 3. The van der Waals surface area contributed by atoms with Crippen molar-refractivity contribution in [2.45, 2.75) is 19.0 Å². The number of nitrogens with zero attached hydrogens (tertiary/aromatic N) is 1. The number of aromatic amines is 1. The first-order valence-corrected chi connectivity index (χ1v) is 9.74. The molecule has 1 aromatic carbocycles. The Kier molecular flexibility index (Phi) is 7.50. The van der Waals surface area contributed by atoms with E-state index in [9.17, 15) is 9.59 Å². The number of nitrogen functional groups attached to an aromatic ring is 1. The van der Waals surface area contributed by atoms with E-state index < -0.39 is 11.5 Å². The average molecular weight is 397 g/mol. The number of carbonyl (C=O) groups is 1. The molecular weight excluding hydrogens is 374 g/mol. The molecule has 0 saturated carbocycles. The van der Waals surface area contributed by atoms with E-state index in [1.165, 1.54) is 16.7 Å². The minimum absolute atomic E-state index is 0.00579. The Labute approximate surface area is 161 Å². The summed E-state index contributed by atoms with van der Waals surface area (Å²) in [7, 11) is 0. The molecule has 1 amide bonds. The lowest BCUT2D eigenvalue weighted by Crippen LogP contribution is -3.11. The van der Waals surface area contributed by atoms with Crippen LogP contribution in [0.15, 0.2) is 34.2 Å². The highest BCUT2D eigenvalue weighted by Crippen LogP contribution is 2.17. The fourth-order valence-corrected chi connectivity index (χ4v) is 3.38. The van der Waals surface area contributed by atoms with Gasteiger partial charge in [0.05, 0.1) is 25.4 Å². The maximum absolute atomic E-state index is 12.3. The third kappa shape index (κ3) is 5.48. The minimum atomic E-state index is -0.475. The van der Waals surface area contributed by atoms with Crippen molar-refractivity contribution in [1.82, 2.24) is 9.97 Å². The van der Waals surface area contributed by atoms with Crippen molar-refractivity contribution in [1.29, 1.82) is 0 Å². The van der Waals surface area contributed by atoms with Crippen LogP contribution in [0.2, 0.25) is 5.02 Å². The van der Waals surface area contributed by atoms with Crippen LogP contribution < -0.4 is 21.5 Å². The number of halogens is 1. The van der Waals surface area contributed by atoms with Crippen LogP contribution in [0.3, 0.4) is 0 Å². The highest BCUT2D eigenvalue weighted by Gasteiger charge is 2.14. The molecule has 1 heterocycles. The molecule has 0 aliphatic carbocycles. The Morgan fingerprint density at radius 3 is 2.54 bits per heavy atom. The summed E-state index contributed by atoms with van der Waals surface area (Å²) in [5.41, 5.74) is 5.71. The first-order valence-electron chi connectivity index (χ1n) is 8.37. The molecular formula is C17H23ClN5O2S+. The predicted molar refractivity (Wildman–Crippen MR) is 106 cm³/mol. The normalized spacial score (nSPS) is 10.9. The predicted octanol–water partition coefficient (Wildman–Crippen LogP) is 1.27. The fourth-order valence-electron chi connectivity index (χ4n) is 2.34. The van der Waals surface area contributed by atoms with Crippen molar-refractivity contribution < 1.29 is 9.69 Å². The summed E-state index contributed by atoms with van der Waals surface area (Å²) in [5.74, 6) is 0.357. The largest absolute Gasteiger partial charge is 0.382 e. The molecule has 9 heteroatoms. The van der Waals surface area contributed by atoms with Gasteiger partial charge >= 0.3 is 0 Å². The van der Waals surface area contributed by atoms with Crippen molar-refractivity contribution in [2.75, 3.05) is 36.4 Å². The standard InChI is InChI=1S/C17H22ClN5O2S/c1-3-23(4-2)9-10-26-17-21-14(19)13(16(25)22-17)20-15(24)11-5-7-12(18)8-6-11/h5-8H,3-4,9-10H2,1-2H3,(H,20,24)(H3,19,21,22,25)/p+1. The SMILES string of the molecule is CC[NH+](CC)CCSc1nc(N)c(NC(=O)c2ccc(Cl)cc2)c(=O)[nH]1. The lowest BCUT2D eigenvalue weighted by molar-refractivity contribution is -0.893. The molecule has 2 aromatic rings. The maximum atomic E-state index is 12.3. The van der Waals surface area contributed by atoms with Gasteiger partial charge in [0.2, 0.25) is 0 Å². The fraction of sp³-hybridized carbons (Fsp3) is 0.353. The molecule has 0 saturated heterocycles. The summed E-state index contributed by atoms with van der Waals surface area (Å²) in [6, 6.07) is 6.32. The van der Waals surface area contributed by atoms with Crippen molar-refractivity contribution in [3.63, 3.8) is 0 Å². The van der Waals surface area contributed by atoms with Gasteiger partial charge in [-0.3, -0.25) is 14.6 Å². The van der Waals surface area contributed by atoms with Crippen LogP contribution in [0, 0.1) is 0 Å². The number of nitrogens with two attached hydrogens (primary N) is 1. The quantitative estimate of drug-likeness (QED) is 0.397. The van der Waals surface area contributed by atoms with Crippen molar-refractivity contribution >= 4 is 40.8 Å². The number of rotatable bonds is 8. The average Bonchev–Trinajstić information content (AvgIpc) is 2.62. The van der Waals surface area contributed by atoms with E-state index in [2.05, 4.69) is 29.1 Å². The van der Waals surface area contributed by atoms with Gasteiger partial charge in [-0.1, -0.05) is 23.4 Å². The van der Waals surface area contributed by atoms with Crippen LogP contribution >= 0.6 is 23.4 Å². The Morgan fingerprint density at radius 1 is 1.31 bits per heavy atom. The number of carbonyl (C=O) groups excluding carboxylic acids is 1. The smallest absolute Gasteiger partial charge is 0.277 e. The second-order valence-corrected chi connectivity index (χ2v) is 7.17. The lowest BCUT2D eigenvalue weighted by atomic mass is 10.2. The molecule has 0 spiro atoms. The zero-order chi connectivity index (χ0) is 19.1. The van der Waals surface area contributed by atoms with Gasteiger partial charge in [-0.05, 0) is 38.1 Å². The Morgan fingerprint density at radius 2 is 1.96 bits per heavy atom. The molecule has 0 fully saturated rings. The molecule has 26 heavy (non-hydrogen) atoms.